The molecule has 116 valence electrons. The number of carbonyl (C=O) groups is 2. The third-order valence-electron chi connectivity index (χ3n) is 3.93. The lowest BCUT2D eigenvalue weighted by molar-refractivity contribution is -0.149. The number of aliphatic carboxylic acids is 1. The Morgan fingerprint density at radius 1 is 1.29 bits per heavy atom. The van der Waals surface area contributed by atoms with Crippen molar-refractivity contribution in [3.05, 3.63) is 29.6 Å². The second-order valence-corrected chi connectivity index (χ2v) is 5.10. The molecule has 6 nitrogen and oxygen atoms in total. The van der Waals surface area contributed by atoms with Gasteiger partial charge >= 0.3 is 12.0 Å². The van der Waals surface area contributed by atoms with Crippen molar-refractivity contribution in [3.8, 4) is 0 Å². The monoisotopic (exact) mass is 293 g/mol. The highest BCUT2D eigenvalue weighted by Crippen LogP contribution is 2.25. The minimum absolute atomic E-state index is 0.113. The highest BCUT2D eigenvalue weighted by Gasteiger charge is 2.35. The van der Waals surface area contributed by atoms with E-state index in [2.05, 4.69) is 15.6 Å². The van der Waals surface area contributed by atoms with Crippen molar-refractivity contribution in [2.24, 2.45) is 5.41 Å². The van der Waals surface area contributed by atoms with E-state index in [4.69, 9.17) is 0 Å². The molecule has 0 aliphatic carbocycles. The second kappa shape index (κ2) is 7.61. The average molecular weight is 293 g/mol. The summed E-state index contributed by atoms with van der Waals surface area (Å²) in [7, 11) is 0. The van der Waals surface area contributed by atoms with Gasteiger partial charge in [0.05, 0.1) is 17.7 Å². The van der Waals surface area contributed by atoms with Gasteiger partial charge in [0.1, 0.15) is 0 Å². The first-order valence-corrected chi connectivity index (χ1v) is 7.10. The number of pyridine rings is 1. The Morgan fingerprint density at radius 2 is 1.95 bits per heavy atom. The Labute approximate surface area is 125 Å². The van der Waals surface area contributed by atoms with Gasteiger partial charge in [0.15, 0.2) is 0 Å². The predicted octanol–water partition coefficient (Wildman–Crippen LogP) is 2.08. The van der Waals surface area contributed by atoms with Gasteiger partial charge < -0.3 is 15.7 Å². The van der Waals surface area contributed by atoms with Gasteiger partial charge in [-0.3, -0.25) is 9.78 Å². The summed E-state index contributed by atoms with van der Waals surface area (Å²) in [5, 5.41) is 14.6. The van der Waals surface area contributed by atoms with E-state index in [1.807, 2.05) is 32.9 Å². The Bertz CT molecular complexity index is 499. The van der Waals surface area contributed by atoms with Crippen LogP contribution in [-0.4, -0.2) is 28.6 Å². The molecule has 0 aliphatic heterocycles. The highest BCUT2D eigenvalue weighted by molar-refractivity contribution is 5.78. The van der Waals surface area contributed by atoms with Crippen molar-refractivity contribution in [3.63, 3.8) is 0 Å². The molecule has 0 saturated carbocycles. The SMILES string of the molecule is CCC(CC)(CNC(=O)NCc1ncccc1C)C(=O)O. The first kappa shape index (κ1) is 16.9. The summed E-state index contributed by atoms with van der Waals surface area (Å²) >= 11 is 0. The molecule has 0 unspecified atom stereocenters. The van der Waals surface area contributed by atoms with E-state index in [1.54, 1.807) is 6.20 Å². The molecule has 1 heterocycles. The van der Waals surface area contributed by atoms with Crippen LogP contribution in [0.1, 0.15) is 37.9 Å². The average Bonchev–Trinajstić information content (AvgIpc) is 2.47. The lowest BCUT2D eigenvalue weighted by atomic mass is 9.82. The van der Waals surface area contributed by atoms with E-state index in [-0.39, 0.29) is 12.6 Å². The van der Waals surface area contributed by atoms with Crippen molar-refractivity contribution in [1.29, 1.82) is 0 Å². The van der Waals surface area contributed by atoms with E-state index in [9.17, 15) is 14.7 Å². The molecule has 0 saturated heterocycles. The Hall–Kier alpha value is -2.11. The molecule has 0 spiro atoms. The minimum Gasteiger partial charge on any atom is -0.481 e. The lowest BCUT2D eigenvalue weighted by Crippen LogP contribution is -2.45. The van der Waals surface area contributed by atoms with Crippen molar-refractivity contribution in [1.82, 2.24) is 15.6 Å². The van der Waals surface area contributed by atoms with Crippen LogP contribution < -0.4 is 10.6 Å². The standard InChI is InChI=1S/C15H23N3O3/c1-4-15(5-2,13(19)20)10-18-14(21)17-9-12-11(3)7-6-8-16-12/h6-8H,4-5,9-10H2,1-3H3,(H,19,20)(H2,17,18,21). The van der Waals surface area contributed by atoms with Crippen molar-refractivity contribution in [2.75, 3.05) is 6.54 Å². The molecule has 0 radical (unpaired) electrons. The van der Waals surface area contributed by atoms with Gasteiger partial charge in [0.25, 0.3) is 0 Å². The molecule has 21 heavy (non-hydrogen) atoms. The van der Waals surface area contributed by atoms with Crippen LogP contribution >= 0.6 is 0 Å². The number of carboxylic acid groups (broad SMARTS) is 1. The zero-order chi connectivity index (χ0) is 15.9. The van der Waals surface area contributed by atoms with Gasteiger partial charge in [-0.25, -0.2) is 4.79 Å². The fourth-order valence-corrected chi connectivity index (χ4v) is 2.06. The van der Waals surface area contributed by atoms with E-state index >= 15 is 0 Å². The molecule has 1 aromatic heterocycles. The van der Waals surface area contributed by atoms with Gasteiger partial charge in [-0.2, -0.15) is 0 Å². The van der Waals surface area contributed by atoms with Crippen LogP contribution in [0.2, 0.25) is 0 Å². The van der Waals surface area contributed by atoms with Crippen LogP contribution in [0.3, 0.4) is 0 Å². The Balaban J connectivity index is 2.51. The van der Waals surface area contributed by atoms with Crippen LogP contribution in [0.5, 0.6) is 0 Å². The fraction of sp³-hybridized carbons (Fsp3) is 0.533. The van der Waals surface area contributed by atoms with Crippen molar-refractivity contribution in [2.45, 2.75) is 40.2 Å². The lowest BCUT2D eigenvalue weighted by Gasteiger charge is -2.26. The maximum absolute atomic E-state index is 11.8. The molecular formula is C15H23N3O3. The molecule has 0 atom stereocenters. The van der Waals surface area contributed by atoms with E-state index in [0.717, 1.165) is 11.3 Å². The number of aryl methyl sites for hydroxylation is 1. The number of carbonyl (C=O) groups excluding carboxylic acids is 1. The zero-order valence-corrected chi connectivity index (χ0v) is 12.8. The zero-order valence-electron chi connectivity index (χ0n) is 12.8. The molecule has 6 heteroatoms. The summed E-state index contributed by atoms with van der Waals surface area (Å²) in [4.78, 5) is 27.3. The van der Waals surface area contributed by atoms with Crippen molar-refractivity contribution < 1.29 is 14.7 Å². The maximum Gasteiger partial charge on any atom is 0.315 e. The molecule has 1 aromatic rings. The molecule has 0 aromatic carbocycles. The fourth-order valence-electron chi connectivity index (χ4n) is 2.06. The number of hydrogen-bond donors (Lipinski definition) is 3. The number of nitrogens with one attached hydrogen (secondary N) is 2. The highest BCUT2D eigenvalue weighted by atomic mass is 16.4. The van der Waals surface area contributed by atoms with Gasteiger partial charge in [-0.05, 0) is 31.4 Å². The predicted molar refractivity (Wildman–Crippen MR) is 79.9 cm³/mol. The quantitative estimate of drug-likeness (QED) is 0.717. The van der Waals surface area contributed by atoms with E-state index < -0.39 is 11.4 Å². The van der Waals surface area contributed by atoms with Crippen LogP contribution in [-0.2, 0) is 11.3 Å². The van der Waals surface area contributed by atoms with Gasteiger partial charge in [-0.15, -0.1) is 0 Å². The third-order valence-corrected chi connectivity index (χ3v) is 3.93. The van der Waals surface area contributed by atoms with Gasteiger partial charge in [0.2, 0.25) is 0 Å². The summed E-state index contributed by atoms with van der Waals surface area (Å²) in [6, 6.07) is 3.38. The summed E-state index contributed by atoms with van der Waals surface area (Å²) < 4.78 is 0. The minimum atomic E-state index is -0.905. The normalized spacial score (nSPS) is 11.0. The smallest absolute Gasteiger partial charge is 0.315 e. The number of amides is 2. The first-order valence-electron chi connectivity index (χ1n) is 7.10. The summed E-state index contributed by atoms with van der Waals surface area (Å²) in [6.07, 6.45) is 2.61. The van der Waals surface area contributed by atoms with Crippen LogP contribution in [0.15, 0.2) is 18.3 Å². The largest absolute Gasteiger partial charge is 0.481 e. The van der Waals surface area contributed by atoms with Crippen molar-refractivity contribution >= 4 is 12.0 Å². The molecule has 1 rings (SSSR count). The number of nitrogens with zero attached hydrogens (tertiary/aromatic N) is 1. The number of carboxylic acids is 1. The molecule has 0 aliphatic rings. The van der Waals surface area contributed by atoms with Gasteiger partial charge in [-0.1, -0.05) is 19.9 Å². The van der Waals surface area contributed by atoms with Crippen LogP contribution in [0, 0.1) is 12.3 Å². The summed E-state index contributed by atoms with van der Waals surface area (Å²) in [6.45, 7) is 5.98. The number of hydrogen-bond acceptors (Lipinski definition) is 3. The molecule has 0 bridgehead atoms. The van der Waals surface area contributed by atoms with Gasteiger partial charge in [0, 0.05) is 12.7 Å². The number of rotatable bonds is 7. The van der Waals surface area contributed by atoms with Crippen LogP contribution in [0.25, 0.3) is 0 Å². The summed E-state index contributed by atoms with van der Waals surface area (Å²) in [5.74, 6) is -0.881. The summed E-state index contributed by atoms with van der Waals surface area (Å²) in [5.41, 5.74) is 0.890. The van der Waals surface area contributed by atoms with E-state index in [1.165, 1.54) is 0 Å². The maximum atomic E-state index is 11.8. The number of urea groups is 1. The molecule has 3 N–H and O–H groups in total. The molecular weight excluding hydrogens is 270 g/mol. The second-order valence-electron chi connectivity index (χ2n) is 5.10. The number of aromatic nitrogens is 1. The Kier molecular flexibility index (Phi) is 6.14. The van der Waals surface area contributed by atoms with Crippen LogP contribution in [0.4, 0.5) is 4.79 Å². The van der Waals surface area contributed by atoms with E-state index in [0.29, 0.717) is 19.4 Å². The molecule has 2 amide bonds. The Morgan fingerprint density at radius 3 is 2.48 bits per heavy atom. The first-order chi connectivity index (χ1) is 9.95. The molecule has 0 fully saturated rings. The topological polar surface area (TPSA) is 91.3 Å². The third kappa shape index (κ3) is 4.44.